The Kier molecular flexibility index (Phi) is 7.58. The topological polar surface area (TPSA) is 58.8 Å². The number of aryl methyl sites for hydroxylation is 2. The molecular weight excluding hydrogens is 409 g/mol. The fourth-order valence-corrected chi connectivity index (χ4v) is 4.84. The highest BCUT2D eigenvalue weighted by molar-refractivity contribution is 5.79. The SMILES string of the molecule is Cc1noc(C)c1CC(=O)N(CC1CCN(Cc2ccccc2F)CC1)CC1CCCO1. The van der Waals surface area contributed by atoms with E-state index >= 15 is 0 Å². The highest BCUT2D eigenvalue weighted by atomic mass is 19.1. The number of hydrogen-bond acceptors (Lipinski definition) is 5. The van der Waals surface area contributed by atoms with Gasteiger partial charge in [-0.15, -0.1) is 0 Å². The van der Waals surface area contributed by atoms with E-state index in [-0.39, 0.29) is 17.8 Å². The Balaban J connectivity index is 1.34. The second-order valence-electron chi connectivity index (χ2n) is 9.22. The summed E-state index contributed by atoms with van der Waals surface area (Å²) in [5.41, 5.74) is 2.43. The van der Waals surface area contributed by atoms with Gasteiger partial charge in [-0.2, -0.15) is 0 Å². The smallest absolute Gasteiger partial charge is 0.227 e. The largest absolute Gasteiger partial charge is 0.376 e. The van der Waals surface area contributed by atoms with Crippen LogP contribution in [0.15, 0.2) is 28.8 Å². The first-order chi connectivity index (χ1) is 15.5. The van der Waals surface area contributed by atoms with Gasteiger partial charge in [-0.05, 0) is 64.6 Å². The lowest BCUT2D eigenvalue weighted by Gasteiger charge is -2.35. The Bertz CT molecular complexity index is 882. The maximum atomic E-state index is 14.0. The van der Waals surface area contributed by atoms with Gasteiger partial charge in [0.1, 0.15) is 11.6 Å². The van der Waals surface area contributed by atoms with Crippen LogP contribution in [0.5, 0.6) is 0 Å². The first-order valence-corrected chi connectivity index (χ1v) is 11.8. The molecule has 1 aromatic carbocycles. The predicted molar refractivity (Wildman–Crippen MR) is 120 cm³/mol. The molecular formula is C25H34FN3O3. The van der Waals surface area contributed by atoms with E-state index in [1.165, 1.54) is 6.07 Å². The second-order valence-corrected chi connectivity index (χ2v) is 9.22. The quantitative estimate of drug-likeness (QED) is 0.620. The molecule has 3 heterocycles. The molecule has 0 saturated carbocycles. The van der Waals surface area contributed by atoms with Gasteiger partial charge in [0, 0.05) is 37.4 Å². The van der Waals surface area contributed by atoms with Gasteiger partial charge in [0.2, 0.25) is 5.91 Å². The van der Waals surface area contributed by atoms with Crippen LogP contribution < -0.4 is 0 Å². The molecule has 6 nitrogen and oxygen atoms in total. The molecule has 2 aromatic rings. The Hall–Kier alpha value is -2.25. The maximum Gasteiger partial charge on any atom is 0.227 e. The van der Waals surface area contributed by atoms with Gasteiger partial charge in [-0.1, -0.05) is 23.4 Å². The van der Waals surface area contributed by atoms with E-state index in [9.17, 15) is 9.18 Å². The van der Waals surface area contributed by atoms with Gasteiger partial charge in [-0.25, -0.2) is 4.39 Å². The van der Waals surface area contributed by atoms with E-state index in [2.05, 4.69) is 10.1 Å². The Morgan fingerprint density at radius 3 is 2.62 bits per heavy atom. The van der Waals surface area contributed by atoms with Crippen molar-refractivity contribution >= 4 is 5.91 Å². The number of halogens is 1. The molecule has 0 spiro atoms. The second kappa shape index (κ2) is 10.6. The molecule has 1 atom stereocenters. The van der Waals surface area contributed by atoms with Crippen molar-refractivity contribution in [2.75, 3.05) is 32.8 Å². The van der Waals surface area contributed by atoms with Crippen LogP contribution in [0.2, 0.25) is 0 Å². The van der Waals surface area contributed by atoms with Crippen LogP contribution in [0.1, 0.15) is 48.3 Å². The lowest BCUT2D eigenvalue weighted by Crippen LogP contribution is -2.44. The van der Waals surface area contributed by atoms with Crippen LogP contribution in [-0.4, -0.2) is 59.8 Å². The number of amides is 1. The van der Waals surface area contributed by atoms with Crippen LogP contribution in [0, 0.1) is 25.6 Å². The van der Waals surface area contributed by atoms with Gasteiger partial charge in [0.25, 0.3) is 0 Å². The molecule has 32 heavy (non-hydrogen) atoms. The zero-order valence-corrected chi connectivity index (χ0v) is 19.2. The molecule has 1 amide bonds. The fourth-order valence-electron chi connectivity index (χ4n) is 4.84. The number of carbonyl (C=O) groups is 1. The zero-order chi connectivity index (χ0) is 22.5. The Morgan fingerprint density at radius 1 is 1.19 bits per heavy atom. The molecule has 0 bridgehead atoms. The predicted octanol–water partition coefficient (Wildman–Crippen LogP) is 3.89. The molecule has 1 unspecified atom stereocenters. The summed E-state index contributed by atoms with van der Waals surface area (Å²) in [5.74, 6) is 1.14. The van der Waals surface area contributed by atoms with E-state index < -0.39 is 0 Å². The number of aromatic nitrogens is 1. The third-order valence-electron chi connectivity index (χ3n) is 6.85. The number of carbonyl (C=O) groups excluding carboxylic acids is 1. The Morgan fingerprint density at radius 2 is 1.97 bits per heavy atom. The summed E-state index contributed by atoms with van der Waals surface area (Å²) in [6, 6.07) is 7.00. The van der Waals surface area contributed by atoms with E-state index in [0.717, 1.165) is 74.5 Å². The van der Waals surface area contributed by atoms with E-state index in [1.54, 1.807) is 6.07 Å². The van der Waals surface area contributed by atoms with Crippen molar-refractivity contribution in [2.24, 2.45) is 5.92 Å². The molecule has 174 valence electrons. The van der Waals surface area contributed by atoms with Crippen molar-refractivity contribution in [2.45, 2.75) is 58.6 Å². The molecule has 0 N–H and O–H groups in total. The number of piperidine rings is 1. The third kappa shape index (κ3) is 5.75. The average Bonchev–Trinajstić information content (AvgIpc) is 3.41. The first-order valence-electron chi connectivity index (χ1n) is 11.8. The minimum atomic E-state index is -0.137. The number of benzene rings is 1. The summed E-state index contributed by atoms with van der Waals surface area (Å²) in [5, 5.41) is 3.99. The molecule has 0 aliphatic carbocycles. The fraction of sp³-hybridized carbons (Fsp3) is 0.600. The first kappa shape index (κ1) is 22.9. The normalized spacial score (nSPS) is 20.0. The van der Waals surface area contributed by atoms with Crippen LogP contribution in [0.25, 0.3) is 0 Å². The van der Waals surface area contributed by atoms with Gasteiger partial charge in [0.15, 0.2) is 0 Å². The monoisotopic (exact) mass is 443 g/mol. The van der Waals surface area contributed by atoms with Crippen molar-refractivity contribution < 1.29 is 18.4 Å². The van der Waals surface area contributed by atoms with E-state index in [0.29, 0.717) is 25.4 Å². The summed E-state index contributed by atoms with van der Waals surface area (Å²) in [6.07, 6.45) is 4.54. The molecule has 2 fully saturated rings. The lowest BCUT2D eigenvalue weighted by molar-refractivity contribution is -0.133. The number of nitrogens with zero attached hydrogens (tertiary/aromatic N) is 3. The van der Waals surface area contributed by atoms with Crippen molar-refractivity contribution in [3.05, 3.63) is 52.7 Å². The van der Waals surface area contributed by atoms with Crippen molar-refractivity contribution in [1.82, 2.24) is 15.0 Å². The van der Waals surface area contributed by atoms with Crippen LogP contribution in [-0.2, 0) is 22.5 Å². The summed E-state index contributed by atoms with van der Waals surface area (Å²) in [4.78, 5) is 17.6. The van der Waals surface area contributed by atoms with Crippen molar-refractivity contribution in [3.63, 3.8) is 0 Å². The maximum absolute atomic E-state index is 14.0. The zero-order valence-electron chi connectivity index (χ0n) is 19.2. The molecule has 2 aliphatic heterocycles. The van der Waals surface area contributed by atoms with Gasteiger partial charge in [-0.3, -0.25) is 9.69 Å². The highest BCUT2D eigenvalue weighted by Crippen LogP contribution is 2.23. The lowest BCUT2D eigenvalue weighted by atomic mass is 9.95. The molecule has 2 aliphatic rings. The number of likely N-dealkylation sites (tertiary alicyclic amines) is 1. The highest BCUT2D eigenvalue weighted by Gasteiger charge is 2.28. The van der Waals surface area contributed by atoms with Gasteiger partial charge in [0.05, 0.1) is 18.2 Å². The number of rotatable bonds is 8. The summed E-state index contributed by atoms with van der Waals surface area (Å²) in [7, 11) is 0. The number of ether oxygens (including phenoxy) is 1. The molecule has 2 saturated heterocycles. The van der Waals surface area contributed by atoms with Crippen molar-refractivity contribution in [3.8, 4) is 0 Å². The van der Waals surface area contributed by atoms with E-state index in [1.807, 2.05) is 30.9 Å². The van der Waals surface area contributed by atoms with Crippen molar-refractivity contribution in [1.29, 1.82) is 0 Å². The summed E-state index contributed by atoms with van der Waals surface area (Å²) < 4.78 is 25.1. The molecule has 4 rings (SSSR count). The Labute approximate surface area is 189 Å². The van der Waals surface area contributed by atoms with Gasteiger partial charge >= 0.3 is 0 Å². The van der Waals surface area contributed by atoms with Gasteiger partial charge < -0.3 is 14.2 Å². The third-order valence-corrected chi connectivity index (χ3v) is 6.85. The summed E-state index contributed by atoms with van der Waals surface area (Å²) >= 11 is 0. The van der Waals surface area contributed by atoms with E-state index in [4.69, 9.17) is 9.26 Å². The standard InChI is InChI=1S/C25H34FN3O3/c1-18-23(19(2)32-27-18)14-25(30)29(17-22-7-5-13-31-22)15-20-9-11-28(12-10-20)16-21-6-3-4-8-24(21)26/h3-4,6,8,20,22H,5,7,9-17H2,1-2H3. The van der Waals surface area contributed by atoms with Crippen LogP contribution in [0.4, 0.5) is 4.39 Å². The minimum Gasteiger partial charge on any atom is -0.376 e. The number of hydrogen-bond donors (Lipinski definition) is 0. The summed E-state index contributed by atoms with van der Waals surface area (Å²) in [6.45, 7) is 8.41. The average molecular weight is 444 g/mol. The molecule has 1 aromatic heterocycles. The molecule has 0 radical (unpaired) electrons. The van der Waals surface area contributed by atoms with Crippen LogP contribution >= 0.6 is 0 Å². The molecule has 7 heteroatoms. The minimum absolute atomic E-state index is 0.115. The van der Waals surface area contributed by atoms with Crippen LogP contribution in [0.3, 0.4) is 0 Å².